The number of hydrogen-bond donors (Lipinski definition) is 1. The molecule has 0 saturated heterocycles. The van der Waals surface area contributed by atoms with Crippen LogP contribution in [0.4, 0.5) is 17.2 Å². The average Bonchev–Trinajstić information content (AvgIpc) is 2.54. The number of hydrogen-bond acceptors (Lipinski definition) is 5. The number of aromatic nitrogens is 3. The Labute approximate surface area is 126 Å². The van der Waals surface area contributed by atoms with Gasteiger partial charge in [-0.25, -0.2) is 9.97 Å². The minimum atomic E-state index is -0.0461. The number of nitrogens with zero attached hydrogens (tertiary/aromatic N) is 4. The third-order valence-corrected chi connectivity index (χ3v) is 3.63. The van der Waals surface area contributed by atoms with Crippen LogP contribution >= 0.6 is 0 Å². The van der Waals surface area contributed by atoms with E-state index in [1.54, 1.807) is 17.3 Å². The lowest BCUT2D eigenvalue weighted by atomic mass is 10.1. The van der Waals surface area contributed by atoms with Crippen molar-refractivity contribution in [2.45, 2.75) is 6.92 Å². The van der Waals surface area contributed by atoms with Crippen LogP contribution < -0.4 is 10.2 Å². The molecule has 6 nitrogen and oxygen atoms in total. The van der Waals surface area contributed by atoms with E-state index >= 15 is 0 Å². The quantitative estimate of drug-likeness (QED) is 0.745. The zero-order valence-corrected chi connectivity index (χ0v) is 11.9. The zero-order chi connectivity index (χ0) is 15.1. The van der Waals surface area contributed by atoms with Crippen LogP contribution in [0, 0.1) is 6.92 Å². The Balaban J connectivity index is 1.88. The maximum absolute atomic E-state index is 12.4. The number of carbonyl (C=O) groups excluding carboxylic acids is 1. The van der Waals surface area contributed by atoms with E-state index in [4.69, 9.17) is 0 Å². The molecule has 1 aliphatic heterocycles. The average molecular weight is 291 g/mol. The molecule has 4 rings (SSSR count). The molecular weight excluding hydrogens is 278 g/mol. The van der Waals surface area contributed by atoms with Crippen LogP contribution in [0.3, 0.4) is 0 Å². The number of aryl methyl sites for hydroxylation is 1. The summed E-state index contributed by atoms with van der Waals surface area (Å²) in [6.07, 6.45) is 3.41. The SMILES string of the molecule is Cc1ncc2c(n1)NCC(=O)N2c1ccc2cccnc2c1. The molecule has 0 aliphatic carbocycles. The Kier molecular flexibility index (Phi) is 2.75. The Bertz CT molecular complexity index is 893. The minimum Gasteiger partial charge on any atom is -0.359 e. The summed E-state index contributed by atoms with van der Waals surface area (Å²) in [5, 5.41) is 4.07. The Hall–Kier alpha value is -3.02. The van der Waals surface area contributed by atoms with Gasteiger partial charge in [0.1, 0.15) is 11.5 Å². The first-order valence-corrected chi connectivity index (χ1v) is 6.97. The lowest BCUT2D eigenvalue weighted by Crippen LogP contribution is -2.37. The molecule has 0 spiro atoms. The van der Waals surface area contributed by atoms with E-state index in [-0.39, 0.29) is 12.5 Å². The fourth-order valence-electron chi connectivity index (χ4n) is 2.61. The smallest absolute Gasteiger partial charge is 0.251 e. The summed E-state index contributed by atoms with van der Waals surface area (Å²) in [6, 6.07) is 9.66. The highest BCUT2D eigenvalue weighted by Crippen LogP contribution is 2.34. The first-order chi connectivity index (χ1) is 10.7. The maximum atomic E-state index is 12.4. The van der Waals surface area contributed by atoms with Gasteiger partial charge in [-0.05, 0) is 25.1 Å². The summed E-state index contributed by atoms with van der Waals surface area (Å²) in [5.41, 5.74) is 2.28. The van der Waals surface area contributed by atoms with Gasteiger partial charge in [0, 0.05) is 11.6 Å². The molecule has 2 aromatic heterocycles. The third kappa shape index (κ3) is 1.96. The van der Waals surface area contributed by atoms with Gasteiger partial charge < -0.3 is 5.32 Å². The minimum absolute atomic E-state index is 0.0461. The van der Waals surface area contributed by atoms with Crippen molar-refractivity contribution in [2.75, 3.05) is 16.8 Å². The molecule has 0 fully saturated rings. The van der Waals surface area contributed by atoms with Gasteiger partial charge in [0.25, 0.3) is 5.91 Å². The Morgan fingerprint density at radius 2 is 2.14 bits per heavy atom. The molecular formula is C16H13N5O. The van der Waals surface area contributed by atoms with Gasteiger partial charge in [-0.3, -0.25) is 14.7 Å². The molecule has 3 aromatic rings. The topological polar surface area (TPSA) is 71.0 Å². The van der Waals surface area contributed by atoms with Crippen molar-refractivity contribution in [2.24, 2.45) is 0 Å². The Morgan fingerprint density at radius 3 is 3.05 bits per heavy atom. The van der Waals surface area contributed by atoms with Crippen molar-refractivity contribution in [1.82, 2.24) is 15.0 Å². The van der Waals surface area contributed by atoms with E-state index in [9.17, 15) is 4.79 Å². The lowest BCUT2D eigenvalue weighted by Gasteiger charge is -2.29. The Morgan fingerprint density at radius 1 is 1.23 bits per heavy atom. The first kappa shape index (κ1) is 12.7. The fraction of sp³-hybridized carbons (Fsp3) is 0.125. The second-order valence-electron chi connectivity index (χ2n) is 5.11. The lowest BCUT2D eigenvalue weighted by molar-refractivity contribution is -0.116. The van der Waals surface area contributed by atoms with Crippen molar-refractivity contribution in [3.05, 3.63) is 48.5 Å². The summed E-state index contributed by atoms with van der Waals surface area (Å²) in [5.74, 6) is 1.30. The molecule has 0 atom stereocenters. The van der Waals surface area contributed by atoms with Crippen LogP contribution in [-0.2, 0) is 4.79 Å². The van der Waals surface area contributed by atoms with E-state index in [1.165, 1.54) is 0 Å². The second kappa shape index (κ2) is 4.77. The van der Waals surface area contributed by atoms with Gasteiger partial charge in [0.05, 0.1) is 23.9 Å². The molecule has 0 radical (unpaired) electrons. The van der Waals surface area contributed by atoms with Crippen LogP contribution in [0.15, 0.2) is 42.7 Å². The molecule has 1 amide bonds. The molecule has 6 heteroatoms. The molecule has 1 N–H and O–H groups in total. The normalized spacial score (nSPS) is 13.9. The standard InChI is InChI=1S/C16H13N5O/c1-10-18-8-14-16(20-10)19-9-15(22)21(14)12-5-4-11-3-2-6-17-13(11)7-12/h2-8H,9H2,1H3,(H,18,19,20). The molecule has 0 unspecified atom stereocenters. The highest BCUT2D eigenvalue weighted by Gasteiger charge is 2.27. The summed E-state index contributed by atoms with van der Waals surface area (Å²) in [7, 11) is 0. The maximum Gasteiger partial charge on any atom is 0.251 e. The van der Waals surface area contributed by atoms with Crippen LogP contribution in [0.5, 0.6) is 0 Å². The molecule has 1 aromatic carbocycles. The number of benzene rings is 1. The molecule has 22 heavy (non-hydrogen) atoms. The highest BCUT2D eigenvalue weighted by molar-refractivity contribution is 6.08. The zero-order valence-electron chi connectivity index (χ0n) is 11.9. The van der Waals surface area contributed by atoms with Crippen LogP contribution in [0.25, 0.3) is 10.9 Å². The number of carbonyl (C=O) groups is 1. The predicted octanol–water partition coefficient (Wildman–Crippen LogP) is 2.42. The molecule has 108 valence electrons. The summed E-state index contributed by atoms with van der Waals surface area (Å²) in [4.78, 5) is 26.9. The van der Waals surface area contributed by atoms with Crippen molar-refractivity contribution < 1.29 is 4.79 Å². The van der Waals surface area contributed by atoms with Gasteiger partial charge >= 0.3 is 0 Å². The van der Waals surface area contributed by atoms with Gasteiger partial charge in [-0.15, -0.1) is 0 Å². The van der Waals surface area contributed by atoms with E-state index in [2.05, 4.69) is 20.3 Å². The molecule has 3 heterocycles. The highest BCUT2D eigenvalue weighted by atomic mass is 16.2. The summed E-state index contributed by atoms with van der Waals surface area (Å²) >= 11 is 0. The predicted molar refractivity (Wildman–Crippen MR) is 84.1 cm³/mol. The van der Waals surface area contributed by atoms with E-state index in [0.29, 0.717) is 17.3 Å². The van der Waals surface area contributed by atoms with Crippen molar-refractivity contribution in [3.63, 3.8) is 0 Å². The molecule has 0 bridgehead atoms. The monoisotopic (exact) mass is 291 g/mol. The number of anilines is 3. The largest absolute Gasteiger partial charge is 0.359 e. The van der Waals surface area contributed by atoms with Gasteiger partial charge in [0.2, 0.25) is 0 Å². The van der Waals surface area contributed by atoms with Crippen LogP contribution in [0.1, 0.15) is 5.82 Å². The summed E-state index contributed by atoms with van der Waals surface area (Å²) in [6.45, 7) is 2.03. The van der Waals surface area contributed by atoms with Crippen LogP contribution in [0.2, 0.25) is 0 Å². The van der Waals surface area contributed by atoms with Crippen molar-refractivity contribution in [1.29, 1.82) is 0 Å². The van der Waals surface area contributed by atoms with E-state index < -0.39 is 0 Å². The molecule has 1 aliphatic rings. The number of amides is 1. The van der Waals surface area contributed by atoms with Crippen molar-refractivity contribution in [3.8, 4) is 0 Å². The van der Waals surface area contributed by atoms with E-state index in [1.807, 2.05) is 37.3 Å². The third-order valence-electron chi connectivity index (χ3n) is 3.63. The summed E-state index contributed by atoms with van der Waals surface area (Å²) < 4.78 is 0. The van der Waals surface area contributed by atoms with Crippen molar-refractivity contribution >= 4 is 34.0 Å². The number of pyridine rings is 1. The van der Waals surface area contributed by atoms with Gasteiger partial charge in [-0.2, -0.15) is 0 Å². The van der Waals surface area contributed by atoms with E-state index in [0.717, 1.165) is 16.6 Å². The second-order valence-corrected chi connectivity index (χ2v) is 5.11. The first-order valence-electron chi connectivity index (χ1n) is 6.97. The van der Waals surface area contributed by atoms with Gasteiger partial charge in [-0.1, -0.05) is 12.1 Å². The van der Waals surface area contributed by atoms with Gasteiger partial charge in [0.15, 0.2) is 5.82 Å². The van der Waals surface area contributed by atoms with Crippen LogP contribution in [-0.4, -0.2) is 27.4 Å². The number of fused-ring (bicyclic) bond motifs is 2. The number of rotatable bonds is 1. The number of nitrogens with one attached hydrogen (secondary N) is 1. The fourth-order valence-corrected chi connectivity index (χ4v) is 2.61. The molecule has 0 saturated carbocycles.